The Hall–Kier alpha value is -0.0900. The SMILES string of the molecule is COC1(CNCc2ccc(Cl)c(Br)c2)CCC1. The molecule has 1 aliphatic rings. The molecule has 1 aromatic carbocycles. The summed E-state index contributed by atoms with van der Waals surface area (Å²) in [6, 6.07) is 6.01. The summed E-state index contributed by atoms with van der Waals surface area (Å²) in [6.45, 7) is 1.77. The summed E-state index contributed by atoms with van der Waals surface area (Å²) in [6.07, 6.45) is 3.61. The molecule has 2 rings (SSSR count). The predicted molar refractivity (Wildman–Crippen MR) is 74.4 cm³/mol. The number of benzene rings is 1. The van der Waals surface area contributed by atoms with Crippen LogP contribution in [0.5, 0.6) is 0 Å². The van der Waals surface area contributed by atoms with E-state index in [1.165, 1.54) is 24.8 Å². The third-order valence-corrected chi connectivity index (χ3v) is 4.67. The highest BCUT2D eigenvalue weighted by atomic mass is 79.9. The first-order valence-electron chi connectivity index (χ1n) is 5.85. The topological polar surface area (TPSA) is 21.3 Å². The van der Waals surface area contributed by atoms with Crippen LogP contribution < -0.4 is 5.32 Å². The van der Waals surface area contributed by atoms with Crippen LogP contribution in [0.25, 0.3) is 0 Å². The van der Waals surface area contributed by atoms with Crippen LogP contribution in [0.1, 0.15) is 24.8 Å². The Labute approximate surface area is 116 Å². The van der Waals surface area contributed by atoms with Gasteiger partial charge in [0.25, 0.3) is 0 Å². The Balaban J connectivity index is 1.83. The fourth-order valence-corrected chi connectivity index (χ4v) is 2.65. The van der Waals surface area contributed by atoms with E-state index in [0.717, 1.165) is 22.6 Å². The van der Waals surface area contributed by atoms with E-state index >= 15 is 0 Å². The number of halogens is 2. The number of rotatable bonds is 5. The Bertz CT molecular complexity index is 387. The second-order valence-electron chi connectivity index (χ2n) is 4.59. The molecule has 1 fully saturated rings. The van der Waals surface area contributed by atoms with Gasteiger partial charge in [-0.05, 0) is 52.9 Å². The molecule has 94 valence electrons. The van der Waals surface area contributed by atoms with Crippen molar-refractivity contribution >= 4 is 27.5 Å². The zero-order chi connectivity index (χ0) is 12.3. The maximum atomic E-state index is 5.95. The number of nitrogens with one attached hydrogen (secondary N) is 1. The molecule has 0 heterocycles. The van der Waals surface area contributed by atoms with E-state index in [9.17, 15) is 0 Å². The van der Waals surface area contributed by atoms with Gasteiger partial charge in [0, 0.05) is 24.7 Å². The molecule has 0 atom stereocenters. The lowest BCUT2D eigenvalue weighted by atomic mass is 9.80. The van der Waals surface area contributed by atoms with Gasteiger partial charge in [0.15, 0.2) is 0 Å². The average molecular weight is 319 g/mol. The lowest BCUT2D eigenvalue weighted by Gasteiger charge is -2.40. The summed E-state index contributed by atoms with van der Waals surface area (Å²) in [5.74, 6) is 0. The van der Waals surface area contributed by atoms with Crippen molar-refractivity contribution in [3.8, 4) is 0 Å². The van der Waals surface area contributed by atoms with Crippen molar-refractivity contribution in [3.05, 3.63) is 33.3 Å². The van der Waals surface area contributed by atoms with Gasteiger partial charge in [0.05, 0.1) is 10.6 Å². The smallest absolute Gasteiger partial charge is 0.0802 e. The molecule has 4 heteroatoms. The summed E-state index contributed by atoms with van der Waals surface area (Å²) >= 11 is 9.39. The summed E-state index contributed by atoms with van der Waals surface area (Å²) in [4.78, 5) is 0. The molecule has 1 aliphatic carbocycles. The van der Waals surface area contributed by atoms with Crippen LogP contribution in [0.4, 0.5) is 0 Å². The molecule has 0 aliphatic heterocycles. The van der Waals surface area contributed by atoms with Gasteiger partial charge in [0.2, 0.25) is 0 Å². The van der Waals surface area contributed by atoms with Crippen molar-refractivity contribution in [2.24, 2.45) is 0 Å². The van der Waals surface area contributed by atoms with Crippen LogP contribution in [-0.2, 0) is 11.3 Å². The highest BCUT2D eigenvalue weighted by Crippen LogP contribution is 2.34. The van der Waals surface area contributed by atoms with Gasteiger partial charge < -0.3 is 10.1 Å². The standard InChI is InChI=1S/C13H17BrClNO/c1-17-13(5-2-6-13)9-16-8-10-3-4-12(15)11(14)7-10/h3-4,7,16H,2,5-6,8-9H2,1H3. The fourth-order valence-electron chi connectivity index (χ4n) is 2.11. The van der Waals surface area contributed by atoms with Crippen LogP contribution >= 0.6 is 27.5 Å². The van der Waals surface area contributed by atoms with E-state index in [-0.39, 0.29) is 5.60 Å². The van der Waals surface area contributed by atoms with Crippen molar-refractivity contribution in [3.63, 3.8) is 0 Å². The van der Waals surface area contributed by atoms with Gasteiger partial charge in [-0.2, -0.15) is 0 Å². The molecule has 17 heavy (non-hydrogen) atoms. The number of hydrogen-bond acceptors (Lipinski definition) is 2. The van der Waals surface area contributed by atoms with Crippen molar-refractivity contribution in [1.82, 2.24) is 5.32 Å². The van der Waals surface area contributed by atoms with E-state index in [2.05, 4.69) is 27.3 Å². The van der Waals surface area contributed by atoms with E-state index in [1.54, 1.807) is 7.11 Å². The zero-order valence-electron chi connectivity index (χ0n) is 9.93. The van der Waals surface area contributed by atoms with Crippen LogP contribution in [0.15, 0.2) is 22.7 Å². The van der Waals surface area contributed by atoms with Crippen molar-refractivity contribution in [2.45, 2.75) is 31.4 Å². The van der Waals surface area contributed by atoms with E-state index < -0.39 is 0 Å². The largest absolute Gasteiger partial charge is 0.377 e. The highest BCUT2D eigenvalue weighted by Gasteiger charge is 2.36. The minimum atomic E-state index is 0.0870. The number of hydrogen-bond donors (Lipinski definition) is 1. The number of methoxy groups -OCH3 is 1. The minimum absolute atomic E-state index is 0.0870. The molecular formula is C13H17BrClNO. The maximum absolute atomic E-state index is 5.95. The van der Waals surface area contributed by atoms with E-state index in [1.807, 2.05) is 12.1 Å². The Morgan fingerprint density at radius 1 is 1.47 bits per heavy atom. The normalized spacial score (nSPS) is 17.8. The van der Waals surface area contributed by atoms with E-state index in [0.29, 0.717) is 0 Å². The molecule has 0 spiro atoms. The van der Waals surface area contributed by atoms with Gasteiger partial charge in [-0.15, -0.1) is 0 Å². The van der Waals surface area contributed by atoms with E-state index in [4.69, 9.17) is 16.3 Å². The van der Waals surface area contributed by atoms with Gasteiger partial charge in [0.1, 0.15) is 0 Å². The molecule has 1 saturated carbocycles. The van der Waals surface area contributed by atoms with Crippen LogP contribution in [0.2, 0.25) is 5.02 Å². The molecule has 1 aromatic rings. The van der Waals surface area contributed by atoms with Crippen molar-refractivity contribution in [1.29, 1.82) is 0 Å². The zero-order valence-corrected chi connectivity index (χ0v) is 12.3. The first-order valence-corrected chi connectivity index (χ1v) is 7.02. The quantitative estimate of drug-likeness (QED) is 0.892. The van der Waals surface area contributed by atoms with Gasteiger partial charge >= 0.3 is 0 Å². The van der Waals surface area contributed by atoms with Crippen LogP contribution in [0.3, 0.4) is 0 Å². The molecular weight excluding hydrogens is 302 g/mol. The van der Waals surface area contributed by atoms with Gasteiger partial charge in [-0.25, -0.2) is 0 Å². The molecule has 2 nitrogen and oxygen atoms in total. The molecule has 0 aromatic heterocycles. The molecule has 0 saturated heterocycles. The molecule has 0 unspecified atom stereocenters. The van der Waals surface area contributed by atoms with Crippen molar-refractivity contribution < 1.29 is 4.74 Å². The van der Waals surface area contributed by atoms with Gasteiger partial charge in [-0.1, -0.05) is 17.7 Å². The monoisotopic (exact) mass is 317 g/mol. The second-order valence-corrected chi connectivity index (χ2v) is 5.85. The van der Waals surface area contributed by atoms with Crippen LogP contribution in [0, 0.1) is 0 Å². The Kier molecular flexibility index (Phi) is 4.47. The first-order chi connectivity index (χ1) is 8.15. The Morgan fingerprint density at radius 2 is 2.24 bits per heavy atom. The van der Waals surface area contributed by atoms with Gasteiger partial charge in [-0.3, -0.25) is 0 Å². The molecule has 1 N–H and O–H groups in total. The fraction of sp³-hybridized carbons (Fsp3) is 0.538. The minimum Gasteiger partial charge on any atom is -0.377 e. The Morgan fingerprint density at radius 3 is 2.76 bits per heavy atom. The summed E-state index contributed by atoms with van der Waals surface area (Å²) in [5, 5.41) is 4.20. The summed E-state index contributed by atoms with van der Waals surface area (Å²) in [5.41, 5.74) is 1.32. The lowest BCUT2D eigenvalue weighted by molar-refractivity contribution is -0.0695. The molecule has 0 amide bonds. The first kappa shape index (κ1) is 13.3. The third-order valence-electron chi connectivity index (χ3n) is 3.46. The van der Waals surface area contributed by atoms with Crippen molar-refractivity contribution in [2.75, 3.05) is 13.7 Å². The second kappa shape index (κ2) is 5.70. The predicted octanol–water partition coefficient (Wildman–Crippen LogP) is 3.76. The molecule has 0 bridgehead atoms. The maximum Gasteiger partial charge on any atom is 0.0802 e. The summed E-state index contributed by atoms with van der Waals surface area (Å²) < 4.78 is 6.51. The average Bonchev–Trinajstić information content (AvgIpc) is 2.27. The summed E-state index contributed by atoms with van der Waals surface area (Å²) in [7, 11) is 1.81. The highest BCUT2D eigenvalue weighted by molar-refractivity contribution is 9.10. The lowest BCUT2D eigenvalue weighted by Crippen LogP contribution is -2.47. The third kappa shape index (κ3) is 3.22. The molecule has 0 radical (unpaired) electrons. The number of ether oxygens (including phenoxy) is 1. The van der Waals surface area contributed by atoms with Crippen LogP contribution in [-0.4, -0.2) is 19.3 Å².